The number of ether oxygens (including phenoxy) is 5. The summed E-state index contributed by atoms with van der Waals surface area (Å²) in [6.07, 6.45) is 5.48. The van der Waals surface area contributed by atoms with Crippen LogP contribution in [0, 0.1) is 41.4 Å². The first-order valence-corrected chi connectivity index (χ1v) is 23.0. The molecule has 0 aromatic carbocycles. The van der Waals surface area contributed by atoms with E-state index in [2.05, 4.69) is 20.8 Å². The van der Waals surface area contributed by atoms with E-state index in [9.17, 15) is 35.1 Å². The maximum absolute atomic E-state index is 14.6. The summed E-state index contributed by atoms with van der Waals surface area (Å²) in [5.41, 5.74) is -1.65. The van der Waals surface area contributed by atoms with Gasteiger partial charge in [-0.2, -0.15) is 0 Å². The van der Waals surface area contributed by atoms with E-state index < -0.39 is 64.8 Å². The molecule has 1 amide bonds. The Morgan fingerprint density at radius 2 is 1.53 bits per heavy atom. The minimum absolute atomic E-state index is 0.00232. The first-order chi connectivity index (χ1) is 27.8. The van der Waals surface area contributed by atoms with Gasteiger partial charge in [-0.1, -0.05) is 55.4 Å². The maximum atomic E-state index is 14.6. The number of hydrogen-bond acceptors (Lipinski definition) is 12. The van der Waals surface area contributed by atoms with E-state index in [1.54, 1.807) is 19.1 Å². The second kappa shape index (κ2) is 19.5. The fourth-order valence-electron chi connectivity index (χ4n) is 11.3. The van der Waals surface area contributed by atoms with Gasteiger partial charge in [0.2, 0.25) is 11.7 Å². The van der Waals surface area contributed by atoms with Gasteiger partial charge in [-0.05, 0) is 95.6 Å². The summed E-state index contributed by atoms with van der Waals surface area (Å²) < 4.78 is 33.9. The van der Waals surface area contributed by atoms with E-state index in [0.717, 1.165) is 6.42 Å². The number of aliphatic hydroxyl groups excluding tert-OH is 4. The van der Waals surface area contributed by atoms with Crippen molar-refractivity contribution in [3.05, 3.63) is 12.2 Å². The maximum Gasteiger partial charge on any atom is 0.228 e. The third-order valence-electron chi connectivity index (χ3n) is 15.5. The summed E-state index contributed by atoms with van der Waals surface area (Å²) in [4.78, 5) is 29.7. The van der Waals surface area contributed by atoms with Crippen molar-refractivity contribution < 1.29 is 58.8 Å². The van der Waals surface area contributed by atoms with Gasteiger partial charge in [-0.25, -0.2) is 0 Å². The van der Waals surface area contributed by atoms with Crippen LogP contribution < -0.4 is 0 Å². The SMILES string of the molecule is CC[C@@H](C(=O)[C@@H](C)[C@@H](O)[C@H](C)[C@@H]1O[C@@H]([C@@H](CC)C(=O)N(CCO)CCO)CC[C@@H]1C)[C@H]1O[C@]2(C=C[C@@H](O)[C@]3(CC[C@@](C)([C@H]4CC[C@](O)(CC)[C@H](C)O4)O3)O2)[C@H](C)C[C@@H]1C. The molecular weight excluding hydrogens is 759 g/mol. The highest BCUT2D eigenvalue weighted by molar-refractivity contribution is 5.84. The summed E-state index contributed by atoms with van der Waals surface area (Å²) in [6.45, 7) is 19.6. The Labute approximate surface area is 353 Å². The number of carbonyl (C=O) groups excluding carboxylic acids is 2. The van der Waals surface area contributed by atoms with Gasteiger partial charge in [0.25, 0.3) is 0 Å². The predicted octanol–water partition coefficient (Wildman–Crippen LogP) is 4.92. The molecule has 5 aliphatic rings. The minimum atomic E-state index is -1.38. The highest BCUT2D eigenvalue weighted by atomic mass is 16.8. The van der Waals surface area contributed by atoms with Crippen molar-refractivity contribution in [2.24, 2.45) is 41.4 Å². The smallest absolute Gasteiger partial charge is 0.228 e. The zero-order valence-corrected chi connectivity index (χ0v) is 37.7. The zero-order chi connectivity index (χ0) is 43.7. The van der Waals surface area contributed by atoms with Crippen molar-refractivity contribution in [3.63, 3.8) is 0 Å². The van der Waals surface area contributed by atoms with Crippen LogP contribution in [0.1, 0.15) is 133 Å². The molecule has 340 valence electrons. The molecule has 18 atom stereocenters. The normalized spacial score (nSPS) is 42.7. The summed E-state index contributed by atoms with van der Waals surface area (Å²) in [6, 6.07) is 0. The Balaban J connectivity index is 1.29. The van der Waals surface area contributed by atoms with Gasteiger partial charge < -0.3 is 54.1 Å². The molecular formula is C46H79NO12. The lowest BCUT2D eigenvalue weighted by Crippen LogP contribution is -2.63. The highest BCUT2D eigenvalue weighted by Gasteiger charge is 2.63. The number of amides is 1. The highest BCUT2D eigenvalue weighted by Crippen LogP contribution is 2.54. The van der Waals surface area contributed by atoms with E-state index in [0.29, 0.717) is 57.8 Å². The zero-order valence-electron chi connectivity index (χ0n) is 37.7. The van der Waals surface area contributed by atoms with Gasteiger partial charge in [-0.3, -0.25) is 9.59 Å². The molecule has 13 heteroatoms. The van der Waals surface area contributed by atoms with E-state index in [1.165, 1.54) is 4.90 Å². The molecule has 0 bridgehead atoms. The molecule has 5 N–H and O–H groups in total. The van der Waals surface area contributed by atoms with Gasteiger partial charge in [0.15, 0.2) is 5.79 Å². The molecule has 0 aliphatic carbocycles. The van der Waals surface area contributed by atoms with Crippen LogP contribution in [-0.2, 0) is 33.3 Å². The van der Waals surface area contributed by atoms with Crippen LogP contribution >= 0.6 is 0 Å². The summed E-state index contributed by atoms with van der Waals surface area (Å²) in [5.74, 6) is -5.07. The van der Waals surface area contributed by atoms with Crippen molar-refractivity contribution >= 4 is 11.7 Å². The minimum Gasteiger partial charge on any atom is -0.395 e. The van der Waals surface area contributed by atoms with Crippen LogP contribution in [0.25, 0.3) is 0 Å². The third-order valence-corrected chi connectivity index (χ3v) is 15.5. The van der Waals surface area contributed by atoms with Crippen LogP contribution in [0.4, 0.5) is 0 Å². The Bertz CT molecular complexity index is 1440. The predicted molar refractivity (Wildman–Crippen MR) is 222 cm³/mol. The Morgan fingerprint density at radius 1 is 0.864 bits per heavy atom. The second-order valence-electron chi connectivity index (χ2n) is 19.3. The molecule has 0 saturated carbocycles. The number of rotatable bonds is 16. The van der Waals surface area contributed by atoms with Gasteiger partial charge in [0, 0.05) is 43.2 Å². The Morgan fingerprint density at radius 3 is 2.12 bits per heavy atom. The van der Waals surface area contributed by atoms with E-state index >= 15 is 0 Å². The summed E-state index contributed by atoms with van der Waals surface area (Å²) >= 11 is 0. The number of hydrogen-bond donors (Lipinski definition) is 5. The molecule has 5 heterocycles. The van der Waals surface area contributed by atoms with E-state index in [-0.39, 0.29) is 80.2 Å². The van der Waals surface area contributed by atoms with E-state index in [4.69, 9.17) is 23.7 Å². The average Bonchev–Trinajstić information content (AvgIpc) is 3.56. The van der Waals surface area contributed by atoms with Crippen LogP contribution in [0.2, 0.25) is 0 Å². The molecule has 0 aromatic heterocycles. The summed E-state index contributed by atoms with van der Waals surface area (Å²) in [5, 5.41) is 53.6. The fourth-order valence-corrected chi connectivity index (χ4v) is 11.3. The van der Waals surface area contributed by atoms with Gasteiger partial charge in [0.1, 0.15) is 11.9 Å². The van der Waals surface area contributed by atoms with E-state index in [1.807, 2.05) is 41.5 Å². The molecule has 4 fully saturated rings. The fraction of sp³-hybridized carbons (Fsp3) is 0.913. The van der Waals surface area contributed by atoms with Gasteiger partial charge in [-0.15, -0.1) is 0 Å². The molecule has 4 saturated heterocycles. The lowest BCUT2D eigenvalue weighted by Gasteiger charge is -2.54. The first-order valence-electron chi connectivity index (χ1n) is 23.0. The van der Waals surface area contributed by atoms with Gasteiger partial charge in [0.05, 0.1) is 67.0 Å². The quantitative estimate of drug-likeness (QED) is 0.133. The molecule has 5 rings (SSSR count). The van der Waals surface area contributed by atoms with Crippen LogP contribution in [0.15, 0.2) is 12.2 Å². The van der Waals surface area contributed by atoms with Crippen LogP contribution in [0.5, 0.6) is 0 Å². The number of carbonyl (C=O) groups is 2. The number of Topliss-reactive ketones (excluding diaryl/α,β-unsaturated/α-hetero) is 1. The molecule has 13 nitrogen and oxygen atoms in total. The first kappa shape index (κ1) is 48.5. The molecule has 5 aliphatic heterocycles. The lowest BCUT2D eigenvalue weighted by molar-refractivity contribution is -0.409. The average molecular weight is 838 g/mol. The van der Waals surface area contributed by atoms with Crippen LogP contribution in [-0.4, -0.2) is 134 Å². The molecule has 59 heavy (non-hydrogen) atoms. The van der Waals surface area contributed by atoms with Crippen molar-refractivity contribution in [2.75, 3.05) is 26.3 Å². The summed E-state index contributed by atoms with van der Waals surface area (Å²) in [7, 11) is 0. The Hall–Kier alpha value is -1.52. The Kier molecular flexibility index (Phi) is 16.0. The van der Waals surface area contributed by atoms with Crippen molar-refractivity contribution in [1.29, 1.82) is 0 Å². The molecule has 0 radical (unpaired) electrons. The topological polar surface area (TPSA) is 185 Å². The monoisotopic (exact) mass is 838 g/mol. The van der Waals surface area contributed by atoms with Crippen LogP contribution in [0.3, 0.4) is 0 Å². The molecule has 0 aromatic rings. The number of aliphatic hydroxyl groups is 5. The lowest BCUT2D eigenvalue weighted by atomic mass is 9.72. The standard InChI is InChI=1S/C46H79NO12/c1-11-33(42(53)47(22-24-48)23-25-49)35-15-14-27(4)40(56-35)31(8)38(51)30(7)39(52)34(12-2)41-28(5)26-29(6)45(57-41)19-16-36(50)46(59-45)21-20-43(10,58-46)37-17-18-44(54,13-3)32(9)55-37/h16,19,27-38,40-41,48-51,54H,11-15,17-18,20-26H2,1-10H3/t27-,28-,29+,30-,31-,32-,33+,34-,35+,36+,37+,38+,40+,41-,43-,44+,45-,46-/m0/s1. The van der Waals surface area contributed by atoms with Crippen molar-refractivity contribution in [2.45, 2.75) is 199 Å². The largest absolute Gasteiger partial charge is 0.395 e. The van der Waals surface area contributed by atoms with Crippen molar-refractivity contribution in [3.8, 4) is 0 Å². The molecule has 0 unspecified atom stereocenters. The van der Waals surface area contributed by atoms with Crippen molar-refractivity contribution in [1.82, 2.24) is 4.90 Å². The number of nitrogens with zero attached hydrogens (tertiary/aromatic N) is 1. The third kappa shape index (κ3) is 9.55. The second-order valence-corrected chi connectivity index (χ2v) is 19.3. The number of ketones is 1. The molecule has 2 spiro atoms. The van der Waals surface area contributed by atoms with Gasteiger partial charge >= 0.3 is 0 Å².